The number of halogens is 3. The number of alkyl halides is 3. The Morgan fingerprint density at radius 3 is 2.44 bits per heavy atom. The third-order valence-electron chi connectivity index (χ3n) is 7.96. The summed E-state index contributed by atoms with van der Waals surface area (Å²) in [6.45, 7) is 3.37. The van der Waals surface area contributed by atoms with E-state index in [1.165, 1.54) is 6.07 Å². The third kappa shape index (κ3) is 7.78. The number of carbonyl (C=O) groups excluding carboxylic acids is 2. The van der Waals surface area contributed by atoms with E-state index in [0.29, 0.717) is 32.5 Å². The highest BCUT2D eigenvalue weighted by Gasteiger charge is 2.42. The Kier molecular flexibility index (Phi) is 9.93. The van der Waals surface area contributed by atoms with Crippen LogP contribution in [0.4, 0.5) is 13.2 Å². The van der Waals surface area contributed by atoms with Crippen molar-refractivity contribution in [1.29, 1.82) is 0 Å². The van der Waals surface area contributed by atoms with Gasteiger partial charge in [-0.3, -0.25) is 14.5 Å². The quantitative estimate of drug-likeness (QED) is 0.397. The number of benzene rings is 2. The molecular weight excluding hydrogens is 539 g/mol. The van der Waals surface area contributed by atoms with Gasteiger partial charge in [0.25, 0.3) is 5.91 Å². The van der Waals surface area contributed by atoms with Gasteiger partial charge in [-0.2, -0.15) is 13.2 Å². The molecular formula is C30H38F3N3O5. The summed E-state index contributed by atoms with van der Waals surface area (Å²) in [5.41, 5.74) is -1.12. The average Bonchev–Trinajstić information content (AvgIpc) is 3.36. The third-order valence-corrected chi connectivity index (χ3v) is 7.96. The highest BCUT2D eigenvalue weighted by atomic mass is 19.4. The summed E-state index contributed by atoms with van der Waals surface area (Å²) in [4.78, 5) is 27.4. The van der Waals surface area contributed by atoms with Gasteiger partial charge in [0.05, 0.1) is 37.0 Å². The van der Waals surface area contributed by atoms with E-state index >= 15 is 0 Å². The van der Waals surface area contributed by atoms with Gasteiger partial charge in [-0.25, -0.2) is 0 Å². The Bertz CT molecular complexity index is 1180. The number of carbonyl (C=O) groups is 2. The van der Waals surface area contributed by atoms with E-state index < -0.39 is 29.2 Å². The monoisotopic (exact) mass is 577 g/mol. The SMILES string of the molecule is CCCO[C@@H]1CN(C2CCC(O)(c3ccc(OC)cc3)CC2)C[C@@H]1NC(=O)CNC(=O)c1cccc(C(F)(F)F)c1. The Hall–Kier alpha value is -3.15. The molecule has 8 nitrogen and oxygen atoms in total. The minimum atomic E-state index is -4.57. The van der Waals surface area contributed by atoms with E-state index in [0.717, 1.165) is 48.8 Å². The van der Waals surface area contributed by atoms with Crippen LogP contribution in [0.5, 0.6) is 5.75 Å². The maximum atomic E-state index is 13.0. The molecule has 0 bridgehead atoms. The van der Waals surface area contributed by atoms with Crippen LogP contribution in [0.2, 0.25) is 0 Å². The summed E-state index contributed by atoms with van der Waals surface area (Å²) in [5, 5.41) is 16.7. The highest BCUT2D eigenvalue weighted by Crippen LogP contribution is 2.40. The number of hydrogen-bond donors (Lipinski definition) is 3. The second kappa shape index (κ2) is 13.2. The molecule has 0 aromatic heterocycles. The average molecular weight is 578 g/mol. The zero-order valence-corrected chi connectivity index (χ0v) is 23.4. The molecule has 0 radical (unpaired) electrons. The van der Waals surface area contributed by atoms with E-state index in [-0.39, 0.29) is 30.3 Å². The predicted octanol–water partition coefficient (Wildman–Crippen LogP) is 3.87. The van der Waals surface area contributed by atoms with Gasteiger partial charge in [-0.05, 0) is 68.0 Å². The first-order valence-electron chi connectivity index (χ1n) is 14.0. The van der Waals surface area contributed by atoms with Gasteiger partial charge in [0.1, 0.15) is 5.75 Å². The Labute approximate surface area is 238 Å². The summed E-state index contributed by atoms with van der Waals surface area (Å²) < 4.78 is 50.2. The van der Waals surface area contributed by atoms with Gasteiger partial charge in [-0.15, -0.1) is 0 Å². The van der Waals surface area contributed by atoms with Gasteiger partial charge in [0.2, 0.25) is 5.91 Å². The van der Waals surface area contributed by atoms with E-state index in [9.17, 15) is 27.9 Å². The molecule has 2 aliphatic rings. The molecule has 1 heterocycles. The molecule has 11 heteroatoms. The van der Waals surface area contributed by atoms with Crippen molar-refractivity contribution in [1.82, 2.24) is 15.5 Å². The summed E-state index contributed by atoms with van der Waals surface area (Å²) in [6.07, 6.45) is -1.18. The highest BCUT2D eigenvalue weighted by molar-refractivity contribution is 5.96. The number of methoxy groups -OCH3 is 1. The number of ether oxygens (including phenoxy) is 2. The van der Waals surface area contributed by atoms with Crippen LogP contribution in [-0.2, 0) is 21.3 Å². The van der Waals surface area contributed by atoms with Crippen molar-refractivity contribution < 1.29 is 37.3 Å². The molecule has 0 spiro atoms. The largest absolute Gasteiger partial charge is 0.497 e. The van der Waals surface area contributed by atoms with Gasteiger partial charge in [0.15, 0.2) is 0 Å². The minimum Gasteiger partial charge on any atom is -0.497 e. The fraction of sp³-hybridized carbons (Fsp3) is 0.533. The molecule has 2 amide bonds. The van der Waals surface area contributed by atoms with Crippen LogP contribution in [-0.4, -0.2) is 73.4 Å². The van der Waals surface area contributed by atoms with Crippen molar-refractivity contribution in [3.63, 3.8) is 0 Å². The fourth-order valence-corrected chi connectivity index (χ4v) is 5.67. The van der Waals surface area contributed by atoms with Crippen molar-refractivity contribution in [3.05, 3.63) is 65.2 Å². The zero-order valence-electron chi connectivity index (χ0n) is 23.4. The first kappa shape index (κ1) is 30.8. The first-order valence-corrected chi connectivity index (χ1v) is 14.0. The lowest BCUT2D eigenvalue weighted by Crippen LogP contribution is -2.48. The number of likely N-dealkylation sites (tertiary alicyclic amines) is 1. The summed E-state index contributed by atoms with van der Waals surface area (Å²) in [5.74, 6) is -0.464. The topological polar surface area (TPSA) is 100 Å². The number of rotatable bonds is 10. The lowest BCUT2D eigenvalue weighted by Gasteiger charge is -2.40. The number of aliphatic hydroxyl groups is 1. The molecule has 1 aliphatic heterocycles. The Morgan fingerprint density at radius 1 is 1.10 bits per heavy atom. The summed E-state index contributed by atoms with van der Waals surface area (Å²) in [6, 6.07) is 11.5. The maximum absolute atomic E-state index is 13.0. The number of nitrogens with zero attached hydrogens (tertiary/aromatic N) is 1. The van der Waals surface area contributed by atoms with E-state index in [1.807, 2.05) is 31.2 Å². The van der Waals surface area contributed by atoms with Crippen LogP contribution < -0.4 is 15.4 Å². The van der Waals surface area contributed by atoms with Gasteiger partial charge in [0, 0.05) is 31.3 Å². The molecule has 2 aromatic carbocycles. The maximum Gasteiger partial charge on any atom is 0.416 e. The molecule has 4 rings (SSSR count). The van der Waals surface area contributed by atoms with E-state index in [4.69, 9.17) is 9.47 Å². The molecule has 41 heavy (non-hydrogen) atoms. The minimum absolute atomic E-state index is 0.171. The van der Waals surface area contributed by atoms with Crippen molar-refractivity contribution in [2.24, 2.45) is 0 Å². The van der Waals surface area contributed by atoms with Crippen LogP contribution in [0.25, 0.3) is 0 Å². The van der Waals surface area contributed by atoms with Crippen LogP contribution >= 0.6 is 0 Å². The Balaban J connectivity index is 1.31. The van der Waals surface area contributed by atoms with Crippen molar-refractivity contribution in [2.75, 3.05) is 33.4 Å². The smallest absolute Gasteiger partial charge is 0.416 e. The van der Waals surface area contributed by atoms with Gasteiger partial charge < -0.3 is 25.2 Å². The molecule has 0 unspecified atom stereocenters. The molecule has 1 aliphatic carbocycles. The second-order valence-corrected chi connectivity index (χ2v) is 10.8. The lowest BCUT2D eigenvalue weighted by atomic mass is 9.77. The lowest BCUT2D eigenvalue weighted by molar-refractivity contribution is -0.137. The number of hydrogen-bond acceptors (Lipinski definition) is 6. The molecule has 1 saturated carbocycles. The summed E-state index contributed by atoms with van der Waals surface area (Å²) in [7, 11) is 1.61. The molecule has 2 aromatic rings. The normalized spacial score (nSPS) is 25.1. The summed E-state index contributed by atoms with van der Waals surface area (Å²) >= 11 is 0. The standard InChI is InChI=1S/C30H38F3N3O5/c1-3-15-41-26-19-36(23-11-13-29(39,14-12-23)21-7-9-24(40-2)10-8-21)18-25(26)35-27(37)17-34-28(38)20-5-4-6-22(16-20)30(31,32)33/h4-10,16,23,25-26,39H,3,11-15,17-19H2,1-2H3,(H,34,38)(H,35,37)/t23?,25-,26+,29?/m0/s1. The first-order chi connectivity index (χ1) is 19.5. The van der Waals surface area contributed by atoms with Crippen LogP contribution in [0.1, 0.15) is 60.5 Å². The van der Waals surface area contributed by atoms with Crippen molar-refractivity contribution >= 4 is 11.8 Å². The van der Waals surface area contributed by atoms with Crippen LogP contribution in [0.3, 0.4) is 0 Å². The molecule has 1 saturated heterocycles. The van der Waals surface area contributed by atoms with Gasteiger partial charge in [-0.1, -0.05) is 25.1 Å². The number of amides is 2. The fourth-order valence-electron chi connectivity index (χ4n) is 5.67. The second-order valence-electron chi connectivity index (χ2n) is 10.8. The van der Waals surface area contributed by atoms with Gasteiger partial charge >= 0.3 is 6.18 Å². The number of nitrogens with one attached hydrogen (secondary N) is 2. The van der Waals surface area contributed by atoms with Crippen molar-refractivity contribution in [2.45, 2.75) is 69.0 Å². The Morgan fingerprint density at radius 2 is 1.80 bits per heavy atom. The molecule has 2 fully saturated rings. The van der Waals surface area contributed by atoms with E-state index in [2.05, 4.69) is 15.5 Å². The molecule has 224 valence electrons. The van der Waals surface area contributed by atoms with Crippen LogP contribution in [0.15, 0.2) is 48.5 Å². The van der Waals surface area contributed by atoms with Crippen molar-refractivity contribution in [3.8, 4) is 5.75 Å². The van der Waals surface area contributed by atoms with Crippen LogP contribution in [0, 0.1) is 0 Å². The van der Waals surface area contributed by atoms with E-state index in [1.54, 1.807) is 7.11 Å². The molecule has 2 atom stereocenters. The predicted molar refractivity (Wildman–Crippen MR) is 146 cm³/mol. The zero-order chi connectivity index (χ0) is 29.6. The molecule has 3 N–H and O–H groups in total.